The highest BCUT2D eigenvalue weighted by Gasteiger charge is 2.20. The van der Waals surface area contributed by atoms with Crippen LogP contribution in [-0.4, -0.2) is 15.0 Å². The second-order valence-corrected chi connectivity index (χ2v) is 14.3. The summed E-state index contributed by atoms with van der Waals surface area (Å²) in [5.41, 5.74) is 6.55. The van der Waals surface area contributed by atoms with Crippen molar-refractivity contribution in [2.75, 3.05) is 0 Å². The van der Waals surface area contributed by atoms with Crippen LogP contribution in [0.2, 0.25) is 0 Å². The zero-order valence-corrected chi connectivity index (χ0v) is 28.6. The molecule has 4 nitrogen and oxygen atoms in total. The molecule has 0 fully saturated rings. The summed E-state index contributed by atoms with van der Waals surface area (Å²) in [5, 5.41) is 9.37. The Morgan fingerprint density at radius 3 is 1.92 bits per heavy atom. The van der Waals surface area contributed by atoms with Gasteiger partial charge in [-0.15, -0.1) is 11.3 Å². The van der Waals surface area contributed by atoms with Crippen molar-refractivity contribution in [1.82, 2.24) is 15.0 Å². The van der Waals surface area contributed by atoms with Crippen LogP contribution in [0.15, 0.2) is 168 Å². The van der Waals surface area contributed by atoms with E-state index in [0.29, 0.717) is 17.5 Å². The third-order valence-electron chi connectivity index (χ3n) is 10.1. The molecule has 52 heavy (non-hydrogen) atoms. The van der Waals surface area contributed by atoms with Gasteiger partial charge in [0.1, 0.15) is 11.2 Å². The van der Waals surface area contributed by atoms with Gasteiger partial charge in [-0.05, 0) is 69.1 Å². The fourth-order valence-corrected chi connectivity index (χ4v) is 8.74. The quantitative estimate of drug-likeness (QED) is 0.174. The molecule has 0 saturated heterocycles. The SMILES string of the molecule is c1ccc(-c2nc(-c3ccc4c(ccc5ccccc54)c3)nc(-c3cc(-c4ccc5c(c4)sc4ccccc45)cc4oc5ccccc5c34)n2)cc1. The van der Waals surface area contributed by atoms with Gasteiger partial charge in [-0.2, -0.15) is 0 Å². The Labute approximate surface area is 302 Å². The van der Waals surface area contributed by atoms with Crippen molar-refractivity contribution in [3.8, 4) is 45.3 Å². The van der Waals surface area contributed by atoms with Crippen molar-refractivity contribution in [1.29, 1.82) is 0 Å². The summed E-state index contributed by atoms with van der Waals surface area (Å²) in [4.78, 5) is 15.5. The first-order chi connectivity index (χ1) is 25.7. The average Bonchev–Trinajstić information content (AvgIpc) is 3.78. The van der Waals surface area contributed by atoms with Crippen molar-refractivity contribution < 1.29 is 4.42 Å². The lowest BCUT2D eigenvalue weighted by Gasteiger charge is -2.12. The van der Waals surface area contributed by atoms with Crippen LogP contribution < -0.4 is 0 Å². The molecule has 0 atom stereocenters. The van der Waals surface area contributed by atoms with Crippen LogP contribution in [0.3, 0.4) is 0 Å². The minimum Gasteiger partial charge on any atom is -0.456 e. The molecule has 11 aromatic rings. The molecule has 3 aromatic heterocycles. The number of furan rings is 1. The Balaban J connectivity index is 1.16. The van der Waals surface area contributed by atoms with Crippen LogP contribution in [0.5, 0.6) is 0 Å². The number of fused-ring (bicyclic) bond motifs is 9. The maximum Gasteiger partial charge on any atom is 0.164 e. The van der Waals surface area contributed by atoms with Crippen molar-refractivity contribution >= 4 is 75.0 Å². The van der Waals surface area contributed by atoms with E-state index in [4.69, 9.17) is 19.4 Å². The number of rotatable bonds is 4. The first-order valence-corrected chi connectivity index (χ1v) is 18.2. The number of aromatic nitrogens is 3. The van der Waals surface area contributed by atoms with E-state index in [1.165, 1.54) is 36.3 Å². The van der Waals surface area contributed by atoms with Crippen molar-refractivity contribution in [2.45, 2.75) is 0 Å². The van der Waals surface area contributed by atoms with E-state index in [0.717, 1.165) is 55.1 Å². The predicted octanol–water partition coefficient (Wildman–Crippen LogP) is 13.1. The third-order valence-corrected chi connectivity index (χ3v) is 11.2. The molecule has 0 bridgehead atoms. The monoisotopic (exact) mass is 681 g/mol. The second kappa shape index (κ2) is 11.4. The highest BCUT2D eigenvalue weighted by Crippen LogP contribution is 2.42. The molecule has 0 aliphatic carbocycles. The van der Waals surface area contributed by atoms with Crippen molar-refractivity contribution in [3.63, 3.8) is 0 Å². The van der Waals surface area contributed by atoms with Gasteiger partial charge in [0.25, 0.3) is 0 Å². The number of para-hydroxylation sites is 1. The van der Waals surface area contributed by atoms with Gasteiger partial charge in [0.2, 0.25) is 0 Å². The summed E-state index contributed by atoms with van der Waals surface area (Å²) < 4.78 is 9.10. The largest absolute Gasteiger partial charge is 0.456 e. The number of benzene rings is 8. The van der Waals surface area contributed by atoms with E-state index < -0.39 is 0 Å². The maximum atomic E-state index is 6.56. The van der Waals surface area contributed by atoms with Crippen LogP contribution in [0.1, 0.15) is 0 Å². The van der Waals surface area contributed by atoms with Crippen LogP contribution in [0, 0.1) is 0 Å². The maximum absolute atomic E-state index is 6.56. The van der Waals surface area contributed by atoms with E-state index in [1.807, 2.05) is 41.7 Å². The van der Waals surface area contributed by atoms with Gasteiger partial charge in [0.15, 0.2) is 17.5 Å². The van der Waals surface area contributed by atoms with E-state index in [2.05, 4.69) is 133 Å². The first-order valence-electron chi connectivity index (χ1n) is 17.3. The molecule has 0 unspecified atom stereocenters. The molecule has 0 spiro atoms. The third kappa shape index (κ3) is 4.64. The lowest BCUT2D eigenvalue weighted by atomic mass is 9.97. The summed E-state index contributed by atoms with van der Waals surface area (Å²) in [7, 11) is 0. The standard InChI is InChI=1S/C47H27N3OS/c1-2-11-29(12-3-1)45-48-46(32-21-22-35-31(24-32)19-18-28-10-4-5-13-34(28)35)50-47(49-45)39-25-33(26-41-44(39)38-15-6-8-16-40(38)51-41)30-20-23-37-36-14-7-9-17-42(36)52-43(37)27-30/h1-27H. The van der Waals surface area contributed by atoms with Crippen LogP contribution in [0.4, 0.5) is 0 Å². The Bertz CT molecular complexity index is 3200. The minimum absolute atomic E-state index is 0.601. The molecular formula is C47H27N3OS. The molecule has 0 aliphatic heterocycles. The summed E-state index contributed by atoms with van der Waals surface area (Å²) in [6, 6.07) is 57.4. The Morgan fingerprint density at radius 2 is 1.02 bits per heavy atom. The van der Waals surface area contributed by atoms with E-state index in [-0.39, 0.29) is 0 Å². The Hall–Kier alpha value is -6.69. The fourth-order valence-electron chi connectivity index (χ4n) is 7.60. The second-order valence-electron chi connectivity index (χ2n) is 13.2. The molecule has 242 valence electrons. The van der Waals surface area contributed by atoms with Gasteiger partial charge >= 0.3 is 0 Å². The summed E-state index contributed by atoms with van der Waals surface area (Å²) >= 11 is 1.82. The normalized spacial score (nSPS) is 11.8. The van der Waals surface area contributed by atoms with E-state index in [9.17, 15) is 0 Å². The molecule has 0 aliphatic rings. The topological polar surface area (TPSA) is 51.8 Å². The highest BCUT2D eigenvalue weighted by atomic mass is 32.1. The van der Waals surface area contributed by atoms with Gasteiger partial charge in [-0.3, -0.25) is 0 Å². The summed E-state index contributed by atoms with van der Waals surface area (Å²) in [6.07, 6.45) is 0. The van der Waals surface area contributed by atoms with Gasteiger partial charge in [0, 0.05) is 47.6 Å². The van der Waals surface area contributed by atoms with Gasteiger partial charge in [-0.25, -0.2) is 15.0 Å². The molecule has 5 heteroatoms. The van der Waals surface area contributed by atoms with Crippen LogP contribution >= 0.6 is 11.3 Å². The van der Waals surface area contributed by atoms with Gasteiger partial charge < -0.3 is 4.42 Å². The number of hydrogen-bond donors (Lipinski definition) is 0. The van der Waals surface area contributed by atoms with Crippen molar-refractivity contribution in [2.24, 2.45) is 0 Å². The zero-order valence-electron chi connectivity index (χ0n) is 27.7. The smallest absolute Gasteiger partial charge is 0.164 e. The number of thiophene rings is 1. The molecule has 0 radical (unpaired) electrons. The summed E-state index contributed by atoms with van der Waals surface area (Å²) in [5.74, 6) is 1.85. The summed E-state index contributed by atoms with van der Waals surface area (Å²) in [6.45, 7) is 0. The molecule has 0 N–H and O–H groups in total. The zero-order chi connectivity index (χ0) is 34.2. The Morgan fingerprint density at radius 1 is 0.365 bits per heavy atom. The fraction of sp³-hybridized carbons (Fsp3) is 0. The van der Waals surface area contributed by atoms with Crippen molar-refractivity contribution in [3.05, 3.63) is 164 Å². The highest BCUT2D eigenvalue weighted by molar-refractivity contribution is 7.25. The number of hydrogen-bond acceptors (Lipinski definition) is 5. The van der Waals surface area contributed by atoms with Gasteiger partial charge in [-0.1, -0.05) is 127 Å². The molecule has 0 saturated carbocycles. The van der Waals surface area contributed by atoms with E-state index in [1.54, 1.807) is 0 Å². The average molecular weight is 682 g/mol. The first kappa shape index (κ1) is 29.1. The predicted molar refractivity (Wildman–Crippen MR) is 217 cm³/mol. The lowest BCUT2D eigenvalue weighted by Crippen LogP contribution is -2.00. The molecule has 3 heterocycles. The van der Waals surface area contributed by atoms with Gasteiger partial charge in [0.05, 0.1) is 0 Å². The molecule has 11 rings (SSSR count). The lowest BCUT2D eigenvalue weighted by molar-refractivity contribution is 0.669. The minimum atomic E-state index is 0.601. The van der Waals surface area contributed by atoms with E-state index >= 15 is 0 Å². The molecule has 0 amide bonds. The Kier molecular flexibility index (Phi) is 6.39. The number of nitrogens with zero attached hydrogens (tertiary/aromatic N) is 3. The molecular weight excluding hydrogens is 655 g/mol. The van der Waals surface area contributed by atoms with Crippen LogP contribution in [-0.2, 0) is 0 Å². The molecule has 8 aromatic carbocycles. The van der Waals surface area contributed by atoms with Crippen LogP contribution in [0.25, 0.3) is 109 Å².